The monoisotopic (exact) mass is 212 g/mol. The van der Waals surface area contributed by atoms with E-state index in [1.165, 1.54) is 32.4 Å². The van der Waals surface area contributed by atoms with Crippen LogP contribution in [-0.4, -0.2) is 36.6 Å². The molecule has 0 spiro atoms. The summed E-state index contributed by atoms with van der Waals surface area (Å²) >= 11 is 0. The third-order valence-electron chi connectivity index (χ3n) is 3.32. The molecule has 15 heavy (non-hydrogen) atoms. The largest absolute Gasteiger partial charge is 0.314 e. The van der Waals surface area contributed by atoms with Crippen LogP contribution in [0.4, 0.5) is 0 Å². The van der Waals surface area contributed by atoms with Crippen LogP contribution >= 0.6 is 0 Å². The molecule has 1 N–H and O–H groups in total. The highest BCUT2D eigenvalue weighted by Crippen LogP contribution is 2.30. The average Bonchev–Trinajstić information content (AvgIpc) is 2.95. The first-order valence-electron chi connectivity index (χ1n) is 6.61. The van der Waals surface area contributed by atoms with Gasteiger partial charge in [-0.25, -0.2) is 0 Å². The Labute approximate surface area is 95.4 Å². The van der Waals surface area contributed by atoms with E-state index in [0.717, 1.165) is 12.5 Å². The molecule has 1 aliphatic carbocycles. The first-order valence-corrected chi connectivity index (χ1v) is 6.61. The van der Waals surface area contributed by atoms with Crippen LogP contribution < -0.4 is 5.32 Å². The summed E-state index contributed by atoms with van der Waals surface area (Å²) in [5.41, 5.74) is 0. The van der Waals surface area contributed by atoms with E-state index in [4.69, 9.17) is 0 Å². The minimum absolute atomic E-state index is 0.662. The molecule has 1 aliphatic rings. The summed E-state index contributed by atoms with van der Waals surface area (Å²) in [6.07, 6.45) is 4.21. The Morgan fingerprint density at radius 3 is 2.40 bits per heavy atom. The van der Waals surface area contributed by atoms with Gasteiger partial charge in [-0.15, -0.1) is 0 Å². The lowest BCUT2D eigenvalue weighted by Crippen LogP contribution is -2.37. The van der Waals surface area contributed by atoms with E-state index in [-0.39, 0.29) is 0 Å². The quantitative estimate of drug-likeness (QED) is 0.665. The molecule has 1 unspecified atom stereocenters. The van der Waals surface area contributed by atoms with Crippen LogP contribution in [0, 0.1) is 5.92 Å². The highest BCUT2D eigenvalue weighted by molar-refractivity contribution is 4.79. The van der Waals surface area contributed by atoms with E-state index in [9.17, 15) is 0 Å². The zero-order valence-electron chi connectivity index (χ0n) is 10.9. The van der Waals surface area contributed by atoms with Crippen molar-refractivity contribution >= 4 is 0 Å². The molecule has 0 aromatic rings. The highest BCUT2D eigenvalue weighted by atomic mass is 15.2. The van der Waals surface area contributed by atoms with Crippen LogP contribution in [0.15, 0.2) is 0 Å². The van der Waals surface area contributed by atoms with Gasteiger partial charge in [0.2, 0.25) is 0 Å². The molecule has 0 aromatic heterocycles. The molecule has 0 aliphatic heterocycles. The third-order valence-corrected chi connectivity index (χ3v) is 3.32. The molecule has 1 saturated carbocycles. The fourth-order valence-electron chi connectivity index (χ4n) is 2.00. The van der Waals surface area contributed by atoms with Crippen molar-refractivity contribution in [3.8, 4) is 0 Å². The Morgan fingerprint density at radius 1 is 1.27 bits per heavy atom. The van der Waals surface area contributed by atoms with Gasteiger partial charge in [-0.05, 0) is 59.0 Å². The summed E-state index contributed by atoms with van der Waals surface area (Å²) < 4.78 is 0. The van der Waals surface area contributed by atoms with Crippen LogP contribution in [0.2, 0.25) is 0 Å². The van der Waals surface area contributed by atoms with E-state index in [1.54, 1.807) is 0 Å². The number of hydrogen-bond donors (Lipinski definition) is 1. The van der Waals surface area contributed by atoms with Gasteiger partial charge in [0, 0.05) is 18.6 Å². The number of nitrogens with one attached hydrogen (secondary N) is 1. The molecule has 1 atom stereocenters. The Kier molecular flexibility index (Phi) is 5.62. The molecule has 2 heteroatoms. The molecule has 1 fully saturated rings. The number of rotatable bonds is 8. The lowest BCUT2D eigenvalue weighted by Gasteiger charge is -2.27. The van der Waals surface area contributed by atoms with Crippen molar-refractivity contribution in [3.63, 3.8) is 0 Å². The first kappa shape index (κ1) is 13.0. The van der Waals surface area contributed by atoms with Crippen molar-refractivity contribution in [1.82, 2.24) is 10.2 Å². The molecule has 0 saturated heterocycles. The van der Waals surface area contributed by atoms with Gasteiger partial charge in [0.05, 0.1) is 0 Å². The van der Waals surface area contributed by atoms with Gasteiger partial charge in [0.15, 0.2) is 0 Å². The summed E-state index contributed by atoms with van der Waals surface area (Å²) in [5, 5.41) is 3.48. The maximum Gasteiger partial charge on any atom is 0.00507 e. The second-order valence-corrected chi connectivity index (χ2v) is 5.28. The van der Waals surface area contributed by atoms with Crippen LogP contribution in [-0.2, 0) is 0 Å². The van der Waals surface area contributed by atoms with E-state index >= 15 is 0 Å². The summed E-state index contributed by atoms with van der Waals surface area (Å²) in [5.74, 6) is 1.02. The van der Waals surface area contributed by atoms with Crippen LogP contribution in [0.25, 0.3) is 0 Å². The molecule has 1 rings (SSSR count). The smallest absolute Gasteiger partial charge is 0.00507 e. The second kappa shape index (κ2) is 6.49. The van der Waals surface area contributed by atoms with Crippen molar-refractivity contribution in [1.29, 1.82) is 0 Å². The van der Waals surface area contributed by atoms with Gasteiger partial charge < -0.3 is 10.2 Å². The highest BCUT2D eigenvalue weighted by Gasteiger charge is 2.25. The number of hydrogen-bond acceptors (Lipinski definition) is 2. The lowest BCUT2D eigenvalue weighted by molar-refractivity contribution is 0.203. The van der Waals surface area contributed by atoms with Gasteiger partial charge in [-0.1, -0.05) is 6.92 Å². The summed E-state index contributed by atoms with van der Waals surface area (Å²) in [6.45, 7) is 12.8. The zero-order chi connectivity index (χ0) is 11.3. The zero-order valence-corrected chi connectivity index (χ0v) is 10.9. The topological polar surface area (TPSA) is 15.3 Å². The van der Waals surface area contributed by atoms with Gasteiger partial charge in [0.25, 0.3) is 0 Å². The van der Waals surface area contributed by atoms with Crippen molar-refractivity contribution in [3.05, 3.63) is 0 Å². The normalized spacial score (nSPS) is 18.8. The van der Waals surface area contributed by atoms with E-state index < -0.39 is 0 Å². The average molecular weight is 212 g/mol. The summed E-state index contributed by atoms with van der Waals surface area (Å²) in [6, 6.07) is 1.37. The fraction of sp³-hybridized carbons (Fsp3) is 1.00. The van der Waals surface area contributed by atoms with Gasteiger partial charge in [0.1, 0.15) is 0 Å². The Balaban J connectivity index is 2.18. The molecule has 0 bridgehead atoms. The molecule has 90 valence electrons. The fourth-order valence-corrected chi connectivity index (χ4v) is 2.00. The van der Waals surface area contributed by atoms with E-state index in [2.05, 4.69) is 37.9 Å². The maximum atomic E-state index is 3.48. The molecular formula is C13H28N2. The standard InChI is InChI=1S/C13H28N2/c1-5-14-12(4)8-9-15(11(2)3)10-13-6-7-13/h11-14H,5-10H2,1-4H3. The SMILES string of the molecule is CCNC(C)CCN(CC1CC1)C(C)C. The molecule has 0 heterocycles. The first-order chi connectivity index (χ1) is 7.13. The molecule has 2 nitrogen and oxygen atoms in total. The van der Waals surface area contributed by atoms with Crippen molar-refractivity contribution in [2.45, 2.75) is 59.0 Å². The maximum absolute atomic E-state index is 3.48. The van der Waals surface area contributed by atoms with Crippen LogP contribution in [0.5, 0.6) is 0 Å². The minimum atomic E-state index is 0.662. The van der Waals surface area contributed by atoms with E-state index in [0.29, 0.717) is 12.1 Å². The van der Waals surface area contributed by atoms with Crippen molar-refractivity contribution < 1.29 is 0 Å². The third kappa shape index (κ3) is 5.53. The van der Waals surface area contributed by atoms with Crippen LogP contribution in [0.3, 0.4) is 0 Å². The predicted molar refractivity (Wildman–Crippen MR) is 67.2 cm³/mol. The van der Waals surface area contributed by atoms with Gasteiger partial charge in [-0.2, -0.15) is 0 Å². The number of nitrogens with zero attached hydrogens (tertiary/aromatic N) is 1. The van der Waals surface area contributed by atoms with Crippen LogP contribution in [0.1, 0.15) is 47.0 Å². The molecule has 0 amide bonds. The minimum Gasteiger partial charge on any atom is -0.314 e. The Hall–Kier alpha value is -0.0800. The predicted octanol–water partition coefficient (Wildman–Crippen LogP) is 2.49. The summed E-state index contributed by atoms with van der Waals surface area (Å²) in [4.78, 5) is 2.64. The van der Waals surface area contributed by atoms with Crippen molar-refractivity contribution in [2.24, 2.45) is 5.92 Å². The molecular weight excluding hydrogens is 184 g/mol. The molecule has 0 aromatic carbocycles. The second-order valence-electron chi connectivity index (χ2n) is 5.28. The van der Waals surface area contributed by atoms with Crippen molar-refractivity contribution in [2.75, 3.05) is 19.6 Å². The van der Waals surface area contributed by atoms with Gasteiger partial charge in [-0.3, -0.25) is 0 Å². The lowest BCUT2D eigenvalue weighted by atomic mass is 10.2. The van der Waals surface area contributed by atoms with E-state index in [1.807, 2.05) is 0 Å². The summed E-state index contributed by atoms with van der Waals surface area (Å²) in [7, 11) is 0. The van der Waals surface area contributed by atoms with Gasteiger partial charge >= 0.3 is 0 Å². The Morgan fingerprint density at radius 2 is 1.93 bits per heavy atom. The Bertz CT molecular complexity index is 164. The molecule has 0 radical (unpaired) electrons.